The smallest absolute Gasteiger partial charge is 0.254 e. The van der Waals surface area contributed by atoms with Crippen LogP contribution in [0.2, 0.25) is 0 Å². The Morgan fingerprint density at radius 1 is 1.43 bits per heavy atom. The molecule has 1 fully saturated rings. The fraction of sp³-hybridized carbons (Fsp3) is 0.312. The van der Waals surface area contributed by atoms with E-state index in [4.69, 9.17) is 5.84 Å². The molecule has 4 nitrogen and oxygen atoms in total. The van der Waals surface area contributed by atoms with E-state index in [0.717, 1.165) is 29.7 Å². The Bertz CT molecular complexity index is 635. The van der Waals surface area contributed by atoms with E-state index in [1.807, 2.05) is 30.0 Å². The van der Waals surface area contributed by atoms with Crippen LogP contribution in [0.25, 0.3) is 0 Å². The molecule has 0 spiro atoms. The minimum atomic E-state index is 0.107. The van der Waals surface area contributed by atoms with Crippen molar-refractivity contribution in [1.29, 1.82) is 0 Å². The van der Waals surface area contributed by atoms with E-state index in [2.05, 4.69) is 22.3 Å². The summed E-state index contributed by atoms with van der Waals surface area (Å²) in [7, 11) is 0. The van der Waals surface area contributed by atoms with E-state index in [9.17, 15) is 4.79 Å². The lowest BCUT2D eigenvalue weighted by molar-refractivity contribution is 0.0730. The lowest BCUT2D eigenvalue weighted by Gasteiger charge is -2.22. The van der Waals surface area contributed by atoms with Crippen LogP contribution >= 0.6 is 11.3 Å². The van der Waals surface area contributed by atoms with Gasteiger partial charge in [0, 0.05) is 18.2 Å². The summed E-state index contributed by atoms with van der Waals surface area (Å²) in [4.78, 5) is 14.8. The third-order valence-electron chi connectivity index (χ3n) is 3.81. The number of nitrogen functional groups attached to an aromatic ring is 1. The standard InChI is InChI=1S/C16H19N3OS/c1-11-8-13(2-5-15(11)18-17)16(20)19(14-3-4-14)9-12-6-7-21-10-12/h2,5-8,10,14,18H,3-4,9,17H2,1H3. The zero-order valence-corrected chi connectivity index (χ0v) is 12.8. The number of aryl methyl sites for hydroxylation is 1. The summed E-state index contributed by atoms with van der Waals surface area (Å²) in [6.07, 6.45) is 2.22. The molecule has 1 aliphatic carbocycles. The first kappa shape index (κ1) is 14.1. The highest BCUT2D eigenvalue weighted by atomic mass is 32.1. The minimum Gasteiger partial charge on any atom is -0.331 e. The SMILES string of the molecule is Cc1cc(C(=O)N(Cc2ccsc2)C2CC2)ccc1NN. The summed E-state index contributed by atoms with van der Waals surface area (Å²) in [6.45, 7) is 2.65. The minimum absolute atomic E-state index is 0.107. The highest BCUT2D eigenvalue weighted by Gasteiger charge is 2.33. The molecule has 1 heterocycles. The summed E-state index contributed by atoms with van der Waals surface area (Å²) in [5.74, 6) is 5.55. The van der Waals surface area contributed by atoms with Crippen LogP contribution < -0.4 is 11.3 Å². The van der Waals surface area contributed by atoms with Gasteiger partial charge in [0.25, 0.3) is 5.91 Å². The highest BCUT2D eigenvalue weighted by molar-refractivity contribution is 7.07. The van der Waals surface area contributed by atoms with Gasteiger partial charge < -0.3 is 10.3 Å². The van der Waals surface area contributed by atoms with Gasteiger partial charge in [-0.2, -0.15) is 11.3 Å². The van der Waals surface area contributed by atoms with Crippen molar-refractivity contribution in [1.82, 2.24) is 4.90 Å². The number of thiophene rings is 1. The molecule has 0 unspecified atom stereocenters. The number of carbonyl (C=O) groups is 1. The Morgan fingerprint density at radius 3 is 2.81 bits per heavy atom. The van der Waals surface area contributed by atoms with Gasteiger partial charge in [0.05, 0.1) is 5.69 Å². The maximum Gasteiger partial charge on any atom is 0.254 e. The van der Waals surface area contributed by atoms with Crippen LogP contribution in [0.3, 0.4) is 0 Å². The van der Waals surface area contributed by atoms with E-state index in [1.165, 1.54) is 5.56 Å². The summed E-state index contributed by atoms with van der Waals surface area (Å²) < 4.78 is 0. The Balaban J connectivity index is 1.82. The van der Waals surface area contributed by atoms with Crippen LogP contribution in [0, 0.1) is 6.92 Å². The van der Waals surface area contributed by atoms with Crippen LogP contribution in [0.1, 0.15) is 34.3 Å². The van der Waals surface area contributed by atoms with Crippen molar-refractivity contribution in [2.45, 2.75) is 32.4 Å². The Morgan fingerprint density at radius 2 is 2.24 bits per heavy atom. The van der Waals surface area contributed by atoms with Gasteiger partial charge in [0.1, 0.15) is 0 Å². The highest BCUT2D eigenvalue weighted by Crippen LogP contribution is 2.30. The molecule has 3 N–H and O–H groups in total. The van der Waals surface area contributed by atoms with Crippen LogP contribution in [-0.4, -0.2) is 16.8 Å². The molecule has 1 aliphatic rings. The average molecular weight is 301 g/mol. The van der Waals surface area contributed by atoms with Crippen molar-refractivity contribution in [3.05, 3.63) is 51.7 Å². The number of anilines is 1. The van der Waals surface area contributed by atoms with Gasteiger partial charge >= 0.3 is 0 Å². The van der Waals surface area contributed by atoms with E-state index in [1.54, 1.807) is 11.3 Å². The first-order valence-corrected chi connectivity index (χ1v) is 8.02. The number of nitrogens with one attached hydrogen (secondary N) is 1. The predicted octanol–water partition coefficient (Wildman–Crippen LogP) is 3.15. The van der Waals surface area contributed by atoms with Gasteiger partial charge in [0.2, 0.25) is 0 Å². The van der Waals surface area contributed by atoms with Crippen molar-refractivity contribution >= 4 is 22.9 Å². The number of hydrogen-bond acceptors (Lipinski definition) is 4. The molecule has 3 rings (SSSR count). The second kappa shape index (κ2) is 5.87. The second-order valence-electron chi connectivity index (χ2n) is 5.47. The van der Waals surface area contributed by atoms with Crippen molar-refractivity contribution in [2.24, 2.45) is 5.84 Å². The fourth-order valence-electron chi connectivity index (χ4n) is 2.46. The zero-order chi connectivity index (χ0) is 14.8. The molecular formula is C16H19N3OS. The number of nitrogens with zero attached hydrogens (tertiary/aromatic N) is 1. The number of hydrazine groups is 1. The molecule has 0 atom stereocenters. The lowest BCUT2D eigenvalue weighted by atomic mass is 10.1. The van der Waals surface area contributed by atoms with Crippen molar-refractivity contribution < 1.29 is 4.79 Å². The van der Waals surface area contributed by atoms with Crippen LogP contribution in [0.5, 0.6) is 0 Å². The third kappa shape index (κ3) is 3.09. The second-order valence-corrected chi connectivity index (χ2v) is 6.25. The number of hydrogen-bond donors (Lipinski definition) is 2. The zero-order valence-electron chi connectivity index (χ0n) is 12.0. The first-order valence-electron chi connectivity index (χ1n) is 7.08. The normalized spacial score (nSPS) is 14.0. The number of rotatable bonds is 5. The molecule has 0 aliphatic heterocycles. The Hall–Kier alpha value is -1.85. The van der Waals surface area contributed by atoms with Gasteiger partial charge in [-0.15, -0.1) is 0 Å². The third-order valence-corrected chi connectivity index (χ3v) is 4.54. The molecule has 0 radical (unpaired) electrons. The van der Waals surface area contributed by atoms with Gasteiger partial charge in [-0.3, -0.25) is 10.6 Å². The average Bonchev–Trinajstić information content (AvgIpc) is 3.20. The summed E-state index contributed by atoms with van der Waals surface area (Å²) in [5.41, 5.74) is 6.41. The molecule has 1 aromatic heterocycles. The van der Waals surface area contributed by atoms with Gasteiger partial charge in [-0.1, -0.05) is 0 Å². The summed E-state index contributed by atoms with van der Waals surface area (Å²) in [5, 5.41) is 4.16. The Labute approximate surface area is 128 Å². The van der Waals surface area contributed by atoms with Crippen LogP contribution in [0.15, 0.2) is 35.0 Å². The molecule has 110 valence electrons. The maximum atomic E-state index is 12.8. The number of nitrogens with two attached hydrogens (primary N) is 1. The van der Waals surface area contributed by atoms with Crippen molar-refractivity contribution in [2.75, 3.05) is 5.43 Å². The van der Waals surface area contributed by atoms with Gasteiger partial charge in [-0.05, 0) is 65.9 Å². The fourth-order valence-corrected chi connectivity index (χ4v) is 3.12. The van der Waals surface area contributed by atoms with E-state index in [-0.39, 0.29) is 5.91 Å². The number of amides is 1. The van der Waals surface area contributed by atoms with Crippen LogP contribution in [-0.2, 0) is 6.54 Å². The van der Waals surface area contributed by atoms with E-state index < -0.39 is 0 Å². The quantitative estimate of drug-likeness (QED) is 0.659. The molecule has 0 bridgehead atoms. The van der Waals surface area contributed by atoms with Crippen LogP contribution in [0.4, 0.5) is 5.69 Å². The monoisotopic (exact) mass is 301 g/mol. The molecule has 1 aromatic carbocycles. The topological polar surface area (TPSA) is 58.4 Å². The summed E-state index contributed by atoms with van der Waals surface area (Å²) >= 11 is 1.67. The molecule has 2 aromatic rings. The molecule has 1 amide bonds. The largest absolute Gasteiger partial charge is 0.331 e. The Kier molecular flexibility index (Phi) is 3.94. The van der Waals surface area contributed by atoms with E-state index in [0.29, 0.717) is 12.6 Å². The number of carbonyl (C=O) groups excluding carboxylic acids is 1. The van der Waals surface area contributed by atoms with Gasteiger partial charge in [0.15, 0.2) is 0 Å². The van der Waals surface area contributed by atoms with Crippen molar-refractivity contribution in [3.63, 3.8) is 0 Å². The molecular weight excluding hydrogens is 282 g/mol. The van der Waals surface area contributed by atoms with Gasteiger partial charge in [-0.25, -0.2) is 0 Å². The van der Waals surface area contributed by atoms with E-state index >= 15 is 0 Å². The lowest BCUT2D eigenvalue weighted by Crippen LogP contribution is -2.32. The maximum absolute atomic E-state index is 12.8. The number of benzene rings is 1. The molecule has 5 heteroatoms. The molecule has 1 saturated carbocycles. The summed E-state index contributed by atoms with van der Waals surface area (Å²) in [6, 6.07) is 8.08. The molecule has 0 saturated heterocycles. The predicted molar refractivity (Wildman–Crippen MR) is 86.2 cm³/mol. The molecule has 21 heavy (non-hydrogen) atoms. The van der Waals surface area contributed by atoms with Crippen molar-refractivity contribution in [3.8, 4) is 0 Å². The first-order chi connectivity index (χ1) is 10.2.